The Morgan fingerprint density at radius 2 is 2.12 bits per heavy atom. The molecule has 0 aromatic carbocycles. The fraction of sp³-hybridized carbons (Fsp3) is 0.538. The minimum Gasteiger partial charge on any atom is -0.385 e. The van der Waals surface area contributed by atoms with Crippen molar-refractivity contribution < 1.29 is 4.79 Å². The molecule has 1 N–H and O–H groups in total. The summed E-state index contributed by atoms with van der Waals surface area (Å²) in [7, 11) is 0. The van der Waals surface area contributed by atoms with Crippen LogP contribution in [-0.2, 0) is 4.79 Å². The Bertz CT molecular complexity index is 412. The highest BCUT2D eigenvalue weighted by molar-refractivity contribution is 5.81. The van der Waals surface area contributed by atoms with Gasteiger partial charge in [-0.3, -0.25) is 9.79 Å². The van der Waals surface area contributed by atoms with Crippen molar-refractivity contribution in [2.45, 2.75) is 39.7 Å². The van der Waals surface area contributed by atoms with Gasteiger partial charge in [0.25, 0.3) is 0 Å². The van der Waals surface area contributed by atoms with Crippen LogP contribution in [0.4, 0.5) is 0 Å². The quantitative estimate of drug-likeness (QED) is 0.755. The predicted octanol–water partition coefficient (Wildman–Crippen LogP) is 1.81. The van der Waals surface area contributed by atoms with Gasteiger partial charge in [0.2, 0.25) is 5.91 Å². The van der Waals surface area contributed by atoms with Crippen molar-refractivity contribution in [3.8, 4) is 0 Å². The van der Waals surface area contributed by atoms with Gasteiger partial charge in [0.05, 0.1) is 17.9 Å². The standard InChI is InChI=1S/C13H19N3O/c1-9(2)15-12-8-14-7-6-13(12)16(10(3)17)11-4-5-11/h6-7,11,14H,4-5,8H2,1-3H3. The van der Waals surface area contributed by atoms with Crippen LogP contribution in [0, 0.1) is 0 Å². The zero-order valence-electron chi connectivity index (χ0n) is 10.7. The second kappa shape index (κ2) is 4.73. The lowest BCUT2D eigenvalue weighted by Crippen LogP contribution is -2.33. The van der Waals surface area contributed by atoms with Gasteiger partial charge in [-0.1, -0.05) is 0 Å². The van der Waals surface area contributed by atoms with E-state index in [0.717, 1.165) is 29.9 Å². The first-order valence-corrected chi connectivity index (χ1v) is 6.04. The molecular weight excluding hydrogens is 214 g/mol. The second-order valence-corrected chi connectivity index (χ2v) is 4.73. The van der Waals surface area contributed by atoms with E-state index in [-0.39, 0.29) is 5.91 Å². The maximum atomic E-state index is 11.7. The van der Waals surface area contributed by atoms with E-state index in [9.17, 15) is 4.79 Å². The SMILES string of the molecule is CC(=O)N(C1=C(N=C(C)C)CNC=C1)C1CC1. The summed E-state index contributed by atoms with van der Waals surface area (Å²) >= 11 is 0. The molecule has 1 heterocycles. The van der Waals surface area contributed by atoms with Gasteiger partial charge in [-0.05, 0) is 39.0 Å². The molecule has 2 aliphatic rings. The van der Waals surface area contributed by atoms with Crippen molar-refractivity contribution in [2.24, 2.45) is 4.99 Å². The Kier molecular flexibility index (Phi) is 3.31. The number of hydrogen-bond donors (Lipinski definition) is 1. The molecule has 0 unspecified atom stereocenters. The second-order valence-electron chi connectivity index (χ2n) is 4.73. The molecule has 1 amide bonds. The fourth-order valence-corrected chi connectivity index (χ4v) is 2.02. The van der Waals surface area contributed by atoms with Gasteiger partial charge in [-0.25, -0.2) is 0 Å². The predicted molar refractivity (Wildman–Crippen MR) is 68.5 cm³/mol. The third-order valence-electron chi connectivity index (χ3n) is 2.79. The van der Waals surface area contributed by atoms with Crippen LogP contribution in [0.1, 0.15) is 33.6 Å². The van der Waals surface area contributed by atoms with E-state index in [2.05, 4.69) is 10.3 Å². The smallest absolute Gasteiger partial charge is 0.224 e. The summed E-state index contributed by atoms with van der Waals surface area (Å²) in [4.78, 5) is 18.2. The summed E-state index contributed by atoms with van der Waals surface area (Å²) in [6.07, 6.45) is 6.04. The number of dihydropyridines is 1. The average molecular weight is 233 g/mol. The van der Waals surface area contributed by atoms with Gasteiger partial charge in [0, 0.05) is 18.7 Å². The zero-order chi connectivity index (χ0) is 12.4. The van der Waals surface area contributed by atoms with Crippen LogP contribution in [-0.4, -0.2) is 29.1 Å². The Balaban J connectivity index is 2.36. The van der Waals surface area contributed by atoms with E-state index in [0.29, 0.717) is 12.6 Å². The van der Waals surface area contributed by atoms with Crippen LogP contribution in [0.25, 0.3) is 0 Å². The van der Waals surface area contributed by atoms with Gasteiger partial charge in [0.1, 0.15) is 0 Å². The largest absolute Gasteiger partial charge is 0.385 e. The molecule has 0 aromatic rings. The molecule has 2 rings (SSSR count). The maximum absolute atomic E-state index is 11.7. The summed E-state index contributed by atoms with van der Waals surface area (Å²) in [5.41, 5.74) is 2.92. The first-order valence-electron chi connectivity index (χ1n) is 6.04. The molecule has 4 nitrogen and oxygen atoms in total. The molecule has 0 atom stereocenters. The topological polar surface area (TPSA) is 44.7 Å². The van der Waals surface area contributed by atoms with Gasteiger partial charge in [-0.2, -0.15) is 0 Å². The Labute approximate surface area is 102 Å². The minimum atomic E-state index is 0.107. The molecule has 0 aromatic heterocycles. The molecule has 1 fully saturated rings. The highest BCUT2D eigenvalue weighted by Crippen LogP contribution is 2.32. The van der Waals surface area contributed by atoms with E-state index in [1.165, 1.54) is 0 Å². The van der Waals surface area contributed by atoms with Crippen molar-refractivity contribution >= 4 is 11.6 Å². The third kappa shape index (κ3) is 2.75. The molecule has 92 valence electrons. The van der Waals surface area contributed by atoms with Crippen LogP contribution in [0.2, 0.25) is 0 Å². The van der Waals surface area contributed by atoms with Crippen LogP contribution >= 0.6 is 0 Å². The number of nitrogens with zero attached hydrogens (tertiary/aromatic N) is 2. The number of hydrogen-bond acceptors (Lipinski definition) is 3. The zero-order valence-corrected chi connectivity index (χ0v) is 10.7. The van der Waals surface area contributed by atoms with Crippen molar-refractivity contribution in [1.82, 2.24) is 10.2 Å². The monoisotopic (exact) mass is 233 g/mol. The Morgan fingerprint density at radius 1 is 1.41 bits per heavy atom. The molecule has 1 aliphatic heterocycles. The number of carbonyl (C=O) groups is 1. The summed E-state index contributed by atoms with van der Waals surface area (Å²) in [6.45, 7) is 6.26. The maximum Gasteiger partial charge on any atom is 0.224 e. The van der Waals surface area contributed by atoms with Crippen molar-refractivity contribution in [3.63, 3.8) is 0 Å². The van der Waals surface area contributed by atoms with Crippen LogP contribution in [0.3, 0.4) is 0 Å². The average Bonchev–Trinajstić information content (AvgIpc) is 3.04. The minimum absolute atomic E-state index is 0.107. The van der Waals surface area contributed by atoms with Gasteiger partial charge in [-0.15, -0.1) is 0 Å². The van der Waals surface area contributed by atoms with Gasteiger partial charge in [0.15, 0.2) is 0 Å². The highest BCUT2D eigenvalue weighted by Gasteiger charge is 2.34. The van der Waals surface area contributed by atoms with Crippen molar-refractivity contribution in [3.05, 3.63) is 23.7 Å². The van der Waals surface area contributed by atoms with E-state index in [1.54, 1.807) is 6.92 Å². The fourth-order valence-electron chi connectivity index (χ4n) is 2.02. The molecule has 1 saturated carbocycles. The van der Waals surface area contributed by atoms with Gasteiger partial charge < -0.3 is 10.2 Å². The lowest BCUT2D eigenvalue weighted by atomic mass is 10.2. The lowest BCUT2D eigenvalue weighted by Gasteiger charge is -2.26. The Hall–Kier alpha value is -1.58. The number of rotatable bonds is 3. The molecular formula is C13H19N3O. The highest BCUT2D eigenvalue weighted by atomic mass is 16.2. The summed E-state index contributed by atoms with van der Waals surface area (Å²) < 4.78 is 0. The normalized spacial score (nSPS) is 18.8. The number of allylic oxidation sites excluding steroid dienone is 1. The molecule has 4 heteroatoms. The van der Waals surface area contributed by atoms with Crippen LogP contribution < -0.4 is 5.32 Å². The first-order chi connectivity index (χ1) is 8.09. The molecule has 17 heavy (non-hydrogen) atoms. The van der Waals surface area contributed by atoms with Gasteiger partial charge >= 0.3 is 0 Å². The Morgan fingerprint density at radius 3 is 2.65 bits per heavy atom. The summed E-state index contributed by atoms with van der Waals surface area (Å²) in [5, 5.41) is 3.14. The molecule has 0 bridgehead atoms. The number of aliphatic imine (C=N–C) groups is 1. The lowest BCUT2D eigenvalue weighted by molar-refractivity contribution is -0.127. The third-order valence-corrected chi connectivity index (χ3v) is 2.79. The van der Waals surface area contributed by atoms with Crippen LogP contribution in [0.5, 0.6) is 0 Å². The van der Waals surface area contributed by atoms with E-state index in [1.807, 2.05) is 31.0 Å². The molecule has 0 radical (unpaired) electrons. The molecule has 0 spiro atoms. The number of amides is 1. The summed E-state index contributed by atoms with van der Waals surface area (Å²) in [5.74, 6) is 0.107. The number of carbonyl (C=O) groups excluding carboxylic acids is 1. The first kappa shape index (κ1) is 11.9. The number of nitrogens with one attached hydrogen (secondary N) is 1. The van der Waals surface area contributed by atoms with E-state index < -0.39 is 0 Å². The van der Waals surface area contributed by atoms with E-state index in [4.69, 9.17) is 0 Å². The van der Waals surface area contributed by atoms with E-state index >= 15 is 0 Å². The van der Waals surface area contributed by atoms with Crippen molar-refractivity contribution in [1.29, 1.82) is 0 Å². The van der Waals surface area contributed by atoms with Crippen LogP contribution in [0.15, 0.2) is 28.7 Å². The van der Waals surface area contributed by atoms with Crippen molar-refractivity contribution in [2.75, 3.05) is 6.54 Å². The molecule has 0 saturated heterocycles. The molecule has 1 aliphatic carbocycles. The summed E-state index contributed by atoms with van der Waals surface area (Å²) in [6, 6.07) is 0.382.